The molecule has 0 spiro atoms. The van der Waals surface area contributed by atoms with Crippen LogP contribution in [0.5, 0.6) is 5.75 Å². The van der Waals surface area contributed by atoms with Gasteiger partial charge in [-0.05, 0) is 30.2 Å². The van der Waals surface area contributed by atoms with Crippen LogP contribution >= 0.6 is 11.6 Å². The summed E-state index contributed by atoms with van der Waals surface area (Å²) in [6.45, 7) is 0. The predicted molar refractivity (Wildman–Crippen MR) is 75.3 cm³/mol. The SMILES string of the molecule is O=S(=O)(CCc1cccc(O)c1Cl)c1ccccc1. The van der Waals surface area contributed by atoms with Gasteiger partial charge in [0.2, 0.25) is 0 Å². The average molecular weight is 297 g/mol. The van der Waals surface area contributed by atoms with Crippen molar-refractivity contribution in [2.75, 3.05) is 5.75 Å². The lowest BCUT2D eigenvalue weighted by Gasteiger charge is -2.07. The predicted octanol–water partition coefficient (Wildman–Crippen LogP) is 3.06. The Labute approximate surface area is 117 Å². The zero-order valence-electron chi connectivity index (χ0n) is 10.1. The molecule has 0 saturated heterocycles. The molecule has 2 aromatic rings. The molecule has 0 saturated carbocycles. The molecule has 1 N–H and O–H groups in total. The highest BCUT2D eigenvalue weighted by molar-refractivity contribution is 7.91. The largest absolute Gasteiger partial charge is 0.506 e. The Bertz CT molecular complexity index is 666. The van der Waals surface area contributed by atoms with Crippen LogP contribution in [-0.2, 0) is 16.3 Å². The molecule has 5 heteroatoms. The van der Waals surface area contributed by atoms with E-state index < -0.39 is 9.84 Å². The lowest BCUT2D eigenvalue weighted by Crippen LogP contribution is -2.09. The van der Waals surface area contributed by atoms with Gasteiger partial charge in [0.1, 0.15) is 5.75 Å². The Balaban J connectivity index is 2.17. The number of aromatic hydroxyl groups is 1. The minimum atomic E-state index is -3.33. The van der Waals surface area contributed by atoms with Crippen LogP contribution in [0.15, 0.2) is 53.4 Å². The number of phenolic OH excluding ortho intramolecular Hbond substituents is 1. The monoisotopic (exact) mass is 296 g/mol. The van der Waals surface area contributed by atoms with E-state index in [0.717, 1.165) is 0 Å². The summed E-state index contributed by atoms with van der Waals surface area (Å²) in [5.74, 6) is -0.0727. The number of rotatable bonds is 4. The van der Waals surface area contributed by atoms with Crippen molar-refractivity contribution < 1.29 is 13.5 Å². The number of phenols is 1. The Morgan fingerprint density at radius 2 is 1.68 bits per heavy atom. The number of benzene rings is 2. The summed E-state index contributed by atoms with van der Waals surface area (Å²) in [7, 11) is -3.33. The topological polar surface area (TPSA) is 54.4 Å². The van der Waals surface area contributed by atoms with Gasteiger partial charge in [-0.3, -0.25) is 0 Å². The maximum atomic E-state index is 12.1. The molecule has 0 radical (unpaired) electrons. The molecule has 0 aromatic heterocycles. The van der Waals surface area contributed by atoms with Crippen molar-refractivity contribution in [2.45, 2.75) is 11.3 Å². The zero-order valence-corrected chi connectivity index (χ0v) is 11.7. The first-order chi connectivity index (χ1) is 9.00. The van der Waals surface area contributed by atoms with Crippen molar-refractivity contribution in [3.8, 4) is 5.75 Å². The van der Waals surface area contributed by atoms with Crippen LogP contribution in [0, 0.1) is 0 Å². The number of aryl methyl sites for hydroxylation is 1. The number of hydrogen-bond donors (Lipinski definition) is 1. The molecule has 0 heterocycles. The summed E-state index contributed by atoms with van der Waals surface area (Å²) in [4.78, 5) is 0.297. The lowest BCUT2D eigenvalue weighted by atomic mass is 10.1. The molecule has 100 valence electrons. The van der Waals surface area contributed by atoms with Crippen LogP contribution in [0.1, 0.15) is 5.56 Å². The van der Waals surface area contributed by atoms with E-state index in [-0.39, 0.29) is 22.9 Å². The van der Waals surface area contributed by atoms with E-state index in [2.05, 4.69) is 0 Å². The smallest absolute Gasteiger partial charge is 0.178 e. The minimum Gasteiger partial charge on any atom is -0.506 e. The summed E-state index contributed by atoms with van der Waals surface area (Å²) in [5.41, 5.74) is 0.626. The van der Waals surface area contributed by atoms with Gasteiger partial charge in [0.25, 0.3) is 0 Å². The highest BCUT2D eigenvalue weighted by Crippen LogP contribution is 2.27. The molecule has 0 aliphatic heterocycles. The molecule has 0 fully saturated rings. The molecule has 0 atom stereocenters. The number of sulfone groups is 1. The van der Waals surface area contributed by atoms with Gasteiger partial charge in [0.15, 0.2) is 9.84 Å². The van der Waals surface area contributed by atoms with E-state index in [9.17, 15) is 13.5 Å². The average Bonchev–Trinajstić information content (AvgIpc) is 2.41. The molecule has 19 heavy (non-hydrogen) atoms. The Hall–Kier alpha value is -1.52. The summed E-state index contributed by atoms with van der Waals surface area (Å²) in [6.07, 6.45) is 0.268. The van der Waals surface area contributed by atoms with Gasteiger partial charge in [-0.1, -0.05) is 41.9 Å². The number of halogens is 1. The third-order valence-electron chi connectivity index (χ3n) is 2.80. The maximum absolute atomic E-state index is 12.1. The maximum Gasteiger partial charge on any atom is 0.178 e. The Morgan fingerprint density at radius 3 is 2.37 bits per heavy atom. The second-order valence-corrected chi connectivity index (χ2v) is 6.62. The van der Waals surface area contributed by atoms with Gasteiger partial charge in [-0.25, -0.2) is 8.42 Å². The Morgan fingerprint density at radius 1 is 1.00 bits per heavy atom. The summed E-state index contributed by atoms with van der Waals surface area (Å²) < 4.78 is 24.2. The molecular weight excluding hydrogens is 284 g/mol. The van der Waals surface area contributed by atoms with Crippen LogP contribution in [0.4, 0.5) is 0 Å². The molecule has 0 aliphatic carbocycles. The molecular formula is C14H13ClO3S. The third-order valence-corrected chi connectivity index (χ3v) is 4.97. The summed E-state index contributed by atoms with van der Waals surface area (Å²) >= 11 is 5.92. The van der Waals surface area contributed by atoms with Crippen molar-refractivity contribution in [1.29, 1.82) is 0 Å². The van der Waals surface area contributed by atoms with Gasteiger partial charge in [0.05, 0.1) is 15.7 Å². The van der Waals surface area contributed by atoms with Crippen LogP contribution in [-0.4, -0.2) is 19.3 Å². The van der Waals surface area contributed by atoms with Crippen LogP contribution in [0.2, 0.25) is 5.02 Å². The summed E-state index contributed by atoms with van der Waals surface area (Å²) in [6, 6.07) is 13.1. The molecule has 0 amide bonds. The summed E-state index contributed by atoms with van der Waals surface area (Å²) in [5, 5.41) is 9.68. The van der Waals surface area contributed by atoms with Crippen LogP contribution < -0.4 is 0 Å². The van der Waals surface area contributed by atoms with E-state index >= 15 is 0 Å². The van der Waals surface area contributed by atoms with Crippen LogP contribution in [0.25, 0.3) is 0 Å². The van der Waals surface area contributed by atoms with Crippen molar-refractivity contribution in [1.82, 2.24) is 0 Å². The van der Waals surface area contributed by atoms with E-state index in [1.54, 1.807) is 42.5 Å². The van der Waals surface area contributed by atoms with Crippen molar-refractivity contribution in [2.24, 2.45) is 0 Å². The van der Waals surface area contributed by atoms with Crippen molar-refractivity contribution in [3.05, 3.63) is 59.1 Å². The second kappa shape index (κ2) is 5.63. The van der Waals surface area contributed by atoms with Gasteiger partial charge in [0, 0.05) is 0 Å². The number of hydrogen-bond acceptors (Lipinski definition) is 3. The first kappa shape index (κ1) is 13.9. The van der Waals surface area contributed by atoms with Crippen molar-refractivity contribution in [3.63, 3.8) is 0 Å². The fraction of sp³-hybridized carbons (Fsp3) is 0.143. The molecule has 3 nitrogen and oxygen atoms in total. The molecule has 0 unspecified atom stereocenters. The van der Waals surface area contributed by atoms with E-state index in [4.69, 9.17) is 11.6 Å². The fourth-order valence-electron chi connectivity index (χ4n) is 1.75. The highest BCUT2D eigenvalue weighted by atomic mass is 35.5. The molecule has 0 bridgehead atoms. The van der Waals surface area contributed by atoms with Crippen LogP contribution in [0.3, 0.4) is 0 Å². The standard InChI is InChI=1S/C14H13ClO3S/c15-14-11(5-4-8-13(14)16)9-10-19(17,18)12-6-2-1-3-7-12/h1-8,16H,9-10H2. The third kappa shape index (κ3) is 3.28. The lowest BCUT2D eigenvalue weighted by molar-refractivity contribution is 0.475. The molecule has 2 aromatic carbocycles. The molecule has 2 rings (SSSR count). The van der Waals surface area contributed by atoms with E-state index in [1.165, 1.54) is 6.07 Å². The molecule has 0 aliphatic rings. The van der Waals surface area contributed by atoms with Gasteiger partial charge in [-0.15, -0.1) is 0 Å². The fourth-order valence-corrected chi connectivity index (χ4v) is 3.27. The normalized spacial score (nSPS) is 11.4. The zero-order chi connectivity index (χ0) is 13.9. The quantitative estimate of drug-likeness (QED) is 0.943. The highest BCUT2D eigenvalue weighted by Gasteiger charge is 2.15. The van der Waals surface area contributed by atoms with Crippen molar-refractivity contribution >= 4 is 21.4 Å². The first-order valence-electron chi connectivity index (χ1n) is 5.75. The Kier molecular flexibility index (Phi) is 4.12. The second-order valence-electron chi connectivity index (χ2n) is 4.13. The van der Waals surface area contributed by atoms with Gasteiger partial charge in [-0.2, -0.15) is 0 Å². The van der Waals surface area contributed by atoms with Gasteiger partial charge < -0.3 is 5.11 Å². The van der Waals surface area contributed by atoms with Gasteiger partial charge >= 0.3 is 0 Å². The minimum absolute atomic E-state index is 0.0312. The first-order valence-corrected chi connectivity index (χ1v) is 7.78. The van der Waals surface area contributed by atoms with E-state index in [0.29, 0.717) is 10.5 Å². The van der Waals surface area contributed by atoms with E-state index in [1.807, 2.05) is 0 Å².